The Morgan fingerprint density at radius 2 is 1.77 bits per heavy atom. The van der Waals surface area contributed by atoms with Gasteiger partial charge in [0.15, 0.2) is 0 Å². The quantitative estimate of drug-likeness (QED) is 0.160. The van der Waals surface area contributed by atoms with Crippen molar-refractivity contribution < 1.29 is 10.0 Å². The number of non-ortho nitro benzene ring substituents is 1. The second-order valence-corrected chi connectivity index (χ2v) is 9.25. The van der Waals surface area contributed by atoms with E-state index in [0.717, 1.165) is 43.6 Å². The first-order valence-corrected chi connectivity index (χ1v) is 11.8. The zero-order valence-electron chi connectivity index (χ0n) is 19.1. The van der Waals surface area contributed by atoms with Gasteiger partial charge in [0, 0.05) is 29.5 Å². The number of aromatic hydroxyl groups is 1. The predicted octanol–water partition coefficient (Wildman–Crippen LogP) is 7.61. The lowest BCUT2D eigenvalue weighted by molar-refractivity contribution is -0.384. The zero-order valence-corrected chi connectivity index (χ0v) is 19.9. The molecule has 0 aliphatic heterocycles. The van der Waals surface area contributed by atoms with Crippen LogP contribution in [-0.2, 0) is 0 Å². The number of nitro groups is 1. The van der Waals surface area contributed by atoms with Gasteiger partial charge in [-0.05, 0) is 53.9 Å². The number of thiazole rings is 1. The number of benzene rings is 4. The van der Waals surface area contributed by atoms with Gasteiger partial charge in [-0.15, -0.1) is 0 Å². The molecule has 1 aromatic heterocycles. The first kappa shape index (κ1) is 22.4. The standard InChI is InChI=1S/C28H21N3O3S/c1-17-7-13-22(18(2)15-17)26-27(20-8-11-21(12-9-20)31(33)34)35-28(30-26)29-16-24-23-6-4-3-5-19(23)10-14-25(24)32/h3-16,32H,1-2H3. The van der Waals surface area contributed by atoms with Gasteiger partial charge in [0.05, 0.1) is 15.5 Å². The highest BCUT2D eigenvalue weighted by Crippen LogP contribution is 2.42. The normalized spacial score (nSPS) is 11.4. The highest BCUT2D eigenvalue weighted by Gasteiger charge is 2.18. The number of phenolic OH excluding ortho intramolecular Hbond substituents is 1. The predicted molar refractivity (Wildman–Crippen MR) is 142 cm³/mol. The minimum Gasteiger partial charge on any atom is -0.507 e. The molecule has 0 amide bonds. The average molecular weight is 480 g/mol. The van der Waals surface area contributed by atoms with Crippen molar-refractivity contribution in [2.45, 2.75) is 13.8 Å². The van der Waals surface area contributed by atoms with Gasteiger partial charge >= 0.3 is 0 Å². The monoisotopic (exact) mass is 479 g/mol. The Balaban J connectivity index is 1.63. The number of aliphatic imine (C=N–C) groups is 1. The summed E-state index contributed by atoms with van der Waals surface area (Å²) in [7, 11) is 0. The molecular formula is C28H21N3O3S. The molecule has 0 bridgehead atoms. The van der Waals surface area contributed by atoms with Gasteiger partial charge in [-0.1, -0.05) is 65.4 Å². The number of hydrogen-bond acceptors (Lipinski definition) is 6. The molecule has 5 aromatic rings. The highest BCUT2D eigenvalue weighted by atomic mass is 32.1. The minimum atomic E-state index is -0.409. The molecule has 5 rings (SSSR count). The van der Waals surface area contributed by atoms with E-state index in [0.29, 0.717) is 10.7 Å². The van der Waals surface area contributed by atoms with E-state index in [2.05, 4.69) is 11.1 Å². The Morgan fingerprint density at radius 3 is 2.51 bits per heavy atom. The van der Waals surface area contributed by atoms with Crippen molar-refractivity contribution >= 4 is 39.1 Å². The number of rotatable bonds is 5. The van der Waals surface area contributed by atoms with Crippen molar-refractivity contribution in [3.05, 3.63) is 106 Å². The molecule has 172 valence electrons. The van der Waals surface area contributed by atoms with Crippen molar-refractivity contribution in [1.82, 2.24) is 4.98 Å². The third-order valence-electron chi connectivity index (χ3n) is 5.84. The van der Waals surface area contributed by atoms with Gasteiger partial charge in [-0.3, -0.25) is 10.1 Å². The van der Waals surface area contributed by atoms with Crippen LogP contribution in [0, 0.1) is 24.0 Å². The van der Waals surface area contributed by atoms with Crippen LogP contribution in [0.3, 0.4) is 0 Å². The lowest BCUT2D eigenvalue weighted by atomic mass is 10.0. The Labute approximate surface area is 206 Å². The number of nitro benzene ring substituents is 1. The van der Waals surface area contributed by atoms with Gasteiger partial charge in [-0.25, -0.2) is 9.98 Å². The van der Waals surface area contributed by atoms with E-state index in [9.17, 15) is 15.2 Å². The number of phenols is 1. The van der Waals surface area contributed by atoms with E-state index in [1.54, 1.807) is 24.4 Å². The van der Waals surface area contributed by atoms with E-state index in [1.807, 2.05) is 56.3 Å². The minimum absolute atomic E-state index is 0.0380. The molecule has 1 heterocycles. The summed E-state index contributed by atoms with van der Waals surface area (Å²) < 4.78 is 0. The van der Waals surface area contributed by atoms with Crippen molar-refractivity contribution in [3.63, 3.8) is 0 Å². The van der Waals surface area contributed by atoms with Crippen LogP contribution >= 0.6 is 11.3 Å². The van der Waals surface area contributed by atoms with Crippen molar-refractivity contribution in [1.29, 1.82) is 0 Å². The summed E-state index contributed by atoms with van der Waals surface area (Å²) in [4.78, 5) is 21.0. The van der Waals surface area contributed by atoms with Gasteiger partial charge in [0.25, 0.3) is 5.69 Å². The van der Waals surface area contributed by atoms with Crippen LogP contribution in [0.15, 0.2) is 83.9 Å². The molecule has 0 atom stereocenters. The largest absolute Gasteiger partial charge is 0.507 e. The fourth-order valence-electron chi connectivity index (χ4n) is 4.10. The lowest BCUT2D eigenvalue weighted by Gasteiger charge is -2.07. The van der Waals surface area contributed by atoms with Crippen LogP contribution in [0.4, 0.5) is 10.8 Å². The van der Waals surface area contributed by atoms with Crippen LogP contribution < -0.4 is 0 Å². The first-order chi connectivity index (χ1) is 16.9. The van der Waals surface area contributed by atoms with Crippen LogP contribution in [0.5, 0.6) is 5.75 Å². The van der Waals surface area contributed by atoms with E-state index in [4.69, 9.17) is 4.98 Å². The molecule has 0 aliphatic carbocycles. The molecule has 0 saturated carbocycles. The molecule has 35 heavy (non-hydrogen) atoms. The fourth-order valence-corrected chi connectivity index (χ4v) is 5.03. The molecule has 0 aliphatic rings. The molecule has 7 heteroatoms. The lowest BCUT2D eigenvalue weighted by Crippen LogP contribution is -1.89. The van der Waals surface area contributed by atoms with Crippen LogP contribution in [0.25, 0.3) is 32.5 Å². The van der Waals surface area contributed by atoms with E-state index in [1.165, 1.54) is 23.5 Å². The maximum atomic E-state index is 11.1. The summed E-state index contributed by atoms with van der Waals surface area (Å²) in [5, 5.41) is 24.0. The maximum Gasteiger partial charge on any atom is 0.269 e. The van der Waals surface area contributed by atoms with E-state index < -0.39 is 4.92 Å². The zero-order chi connectivity index (χ0) is 24.5. The molecule has 0 fully saturated rings. The smallest absolute Gasteiger partial charge is 0.269 e. The van der Waals surface area contributed by atoms with Gasteiger partial charge < -0.3 is 5.11 Å². The second kappa shape index (κ2) is 9.12. The maximum absolute atomic E-state index is 11.1. The second-order valence-electron chi connectivity index (χ2n) is 8.27. The topological polar surface area (TPSA) is 88.6 Å². The molecule has 0 radical (unpaired) electrons. The van der Waals surface area contributed by atoms with E-state index >= 15 is 0 Å². The molecule has 0 saturated heterocycles. The van der Waals surface area contributed by atoms with Crippen molar-refractivity contribution in [2.24, 2.45) is 4.99 Å². The van der Waals surface area contributed by atoms with Crippen molar-refractivity contribution in [3.8, 4) is 27.4 Å². The van der Waals surface area contributed by atoms with Gasteiger partial charge in [-0.2, -0.15) is 0 Å². The Kier molecular flexibility index (Phi) is 5.84. The Morgan fingerprint density at radius 1 is 1.00 bits per heavy atom. The van der Waals surface area contributed by atoms with Crippen LogP contribution in [0.2, 0.25) is 0 Å². The summed E-state index contributed by atoms with van der Waals surface area (Å²) in [5.74, 6) is 0.147. The van der Waals surface area contributed by atoms with Crippen LogP contribution in [0.1, 0.15) is 16.7 Å². The van der Waals surface area contributed by atoms with Crippen molar-refractivity contribution in [2.75, 3.05) is 0 Å². The average Bonchev–Trinajstić information content (AvgIpc) is 3.27. The molecule has 0 spiro atoms. The fraction of sp³-hybridized carbons (Fsp3) is 0.0714. The Hall–Kier alpha value is -4.36. The van der Waals surface area contributed by atoms with Gasteiger partial charge in [0.2, 0.25) is 5.13 Å². The number of fused-ring (bicyclic) bond motifs is 1. The third-order valence-corrected chi connectivity index (χ3v) is 6.86. The molecule has 6 nitrogen and oxygen atoms in total. The molecule has 1 N–H and O–H groups in total. The number of aryl methyl sites for hydroxylation is 2. The van der Waals surface area contributed by atoms with Gasteiger partial charge in [0.1, 0.15) is 5.75 Å². The summed E-state index contributed by atoms with van der Waals surface area (Å²) in [6.07, 6.45) is 1.64. The third kappa shape index (κ3) is 4.41. The number of aromatic nitrogens is 1. The number of hydrogen-bond donors (Lipinski definition) is 1. The Bertz CT molecular complexity index is 1600. The highest BCUT2D eigenvalue weighted by molar-refractivity contribution is 7.19. The van der Waals surface area contributed by atoms with Crippen LogP contribution in [-0.4, -0.2) is 21.2 Å². The molecule has 4 aromatic carbocycles. The summed E-state index contributed by atoms with van der Waals surface area (Å²) in [6, 6.07) is 24.0. The SMILES string of the molecule is Cc1ccc(-c2nc(N=Cc3c(O)ccc4ccccc34)sc2-c2ccc([N+](=O)[O-])cc2)c(C)c1. The first-order valence-electron chi connectivity index (χ1n) is 11.0. The molecular weight excluding hydrogens is 458 g/mol. The number of nitrogens with zero attached hydrogens (tertiary/aromatic N) is 3. The van der Waals surface area contributed by atoms with E-state index in [-0.39, 0.29) is 11.4 Å². The summed E-state index contributed by atoms with van der Waals surface area (Å²) >= 11 is 1.40. The summed E-state index contributed by atoms with van der Waals surface area (Å²) in [6.45, 7) is 4.08. The summed E-state index contributed by atoms with van der Waals surface area (Å²) in [5.41, 5.74) is 5.49. The molecule has 0 unspecified atom stereocenters.